The zero-order valence-electron chi connectivity index (χ0n) is 7.16. The standard InChI is InChI=1S/C10H17N/c1-9(11)7-8-10-5-3-2-4-6-10/h2-3,7-10H,4-6,11H2,1H3/b8-7-/t9-,10?/m1/s1. The summed E-state index contributed by atoms with van der Waals surface area (Å²) in [5, 5.41) is 0. The molecule has 2 atom stereocenters. The van der Waals surface area contributed by atoms with Crippen LogP contribution >= 0.6 is 0 Å². The van der Waals surface area contributed by atoms with Gasteiger partial charge in [-0.1, -0.05) is 24.3 Å². The highest BCUT2D eigenvalue weighted by Gasteiger charge is 2.04. The molecule has 2 N–H and O–H groups in total. The molecule has 0 heterocycles. The summed E-state index contributed by atoms with van der Waals surface area (Å²) in [5.74, 6) is 0.742. The van der Waals surface area contributed by atoms with E-state index >= 15 is 0 Å². The van der Waals surface area contributed by atoms with Gasteiger partial charge in [0.25, 0.3) is 0 Å². The lowest BCUT2D eigenvalue weighted by Crippen LogP contribution is -2.11. The molecule has 0 radical (unpaired) electrons. The minimum Gasteiger partial charge on any atom is -0.325 e. The Balaban J connectivity index is 2.31. The van der Waals surface area contributed by atoms with E-state index < -0.39 is 0 Å². The smallest absolute Gasteiger partial charge is 0.0194 e. The maximum atomic E-state index is 5.60. The summed E-state index contributed by atoms with van der Waals surface area (Å²) in [5.41, 5.74) is 5.60. The van der Waals surface area contributed by atoms with Crippen molar-refractivity contribution in [1.82, 2.24) is 0 Å². The summed E-state index contributed by atoms with van der Waals surface area (Å²) in [6, 6.07) is 0.209. The van der Waals surface area contributed by atoms with Gasteiger partial charge in [-0.05, 0) is 32.1 Å². The van der Waals surface area contributed by atoms with Crippen LogP contribution in [0.2, 0.25) is 0 Å². The van der Waals surface area contributed by atoms with Gasteiger partial charge in [0.05, 0.1) is 0 Å². The fraction of sp³-hybridized carbons (Fsp3) is 0.600. The van der Waals surface area contributed by atoms with Gasteiger partial charge in [-0.15, -0.1) is 0 Å². The van der Waals surface area contributed by atoms with Crippen molar-refractivity contribution in [2.24, 2.45) is 11.7 Å². The molecule has 0 saturated heterocycles. The molecule has 1 rings (SSSR count). The molecule has 0 aromatic heterocycles. The zero-order valence-corrected chi connectivity index (χ0v) is 7.16. The third kappa shape index (κ3) is 3.38. The van der Waals surface area contributed by atoms with Gasteiger partial charge in [0.2, 0.25) is 0 Å². The van der Waals surface area contributed by atoms with E-state index in [2.05, 4.69) is 24.3 Å². The van der Waals surface area contributed by atoms with Crippen LogP contribution < -0.4 is 5.73 Å². The highest BCUT2D eigenvalue weighted by Crippen LogP contribution is 2.18. The first-order chi connectivity index (χ1) is 5.29. The monoisotopic (exact) mass is 151 g/mol. The van der Waals surface area contributed by atoms with Gasteiger partial charge in [0, 0.05) is 6.04 Å². The SMILES string of the molecule is C[C@@H](N)/C=C\C1CC=CCC1. The fourth-order valence-corrected chi connectivity index (χ4v) is 1.32. The molecule has 1 heteroatoms. The molecule has 0 aromatic rings. The Morgan fingerprint density at radius 1 is 1.55 bits per heavy atom. The average molecular weight is 151 g/mol. The fourth-order valence-electron chi connectivity index (χ4n) is 1.32. The second-order valence-electron chi connectivity index (χ2n) is 3.29. The molecule has 0 aromatic carbocycles. The van der Waals surface area contributed by atoms with Crippen molar-refractivity contribution in [3.8, 4) is 0 Å². The van der Waals surface area contributed by atoms with Crippen LogP contribution in [0, 0.1) is 5.92 Å². The number of hydrogen-bond donors (Lipinski definition) is 1. The predicted octanol–water partition coefficient (Wildman–Crippen LogP) is 2.25. The zero-order chi connectivity index (χ0) is 8.10. The summed E-state index contributed by atoms with van der Waals surface area (Å²) in [4.78, 5) is 0. The van der Waals surface area contributed by atoms with Crippen molar-refractivity contribution < 1.29 is 0 Å². The summed E-state index contributed by atoms with van der Waals surface area (Å²) in [6.45, 7) is 2.01. The van der Waals surface area contributed by atoms with Crippen LogP contribution in [0.5, 0.6) is 0 Å². The van der Waals surface area contributed by atoms with Gasteiger partial charge < -0.3 is 5.73 Å². The molecule has 0 aliphatic heterocycles. The molecule has 0 amide bonds. The van der Waals surface area contributed by atoms with Crippen molar-refractivity contribution in [2.45, 2.75) is 32.2 Å². The van der Waals surface area contributed by atoms with Crippen molar-refractivity contribution in [3.05, 3.63) is 24.3 Å². The van der Waals surface area contributed by atoms with E-state index in [1.54, 1.807) is 0 Å². The third-order valence-electron chi connectivity index (χ3n) is 2.00. The first-order valence-corrected chi connectivity index (χ1v) is 4.38. The first kappa shape index (κ1) is 8.54. The normalized spacial score (nSPS) is 27.6. The van der Waals surface area contributed by atoms with Crippen molar-refractivity contribution in [2.75, 3.05) is 0 Å². The van der Waals surface area contributed by atoms with Crippen LogP contribution in [0.4, 0.5) is 0 Å². The Hall–Kier alpha value is -0.560. The van der Waals surface area contributed by atoms with Gasteiger partial charge in [-0.3, -0.25) is 0 Å². The van der Waals surface area contributed by atoms with Crippen LogP contribution in [0.1, 0.15) is 26.2 Å². The molecule has 11 heavy (non-hydrogen) atoms. The minimum absolute atomic E-state index is 0.209. The van der Waals surface area contributed by atoms with E-state index in [9.17, 15) is 0 Å². The van der Waals surface area contributed by atoms with E-state index in [0.717, 1.165) is 5.92 Å². The van der Waals surface area contributed by atoms with Gasteiger partial charge in [-0.25, -0.2) is 0 Å². The van der Waals surface area contributed by atoms with Gasteiger partial charge in [0.15, 0.2) is 0 Å². The Morgan fingerprint density at radius 2 is 2.36 bits per heavy atom. The lowest BCUT2D eigenvalue weighted by Gasteiger charge is -2.13. The molecule has 0 fully saturated rings. The van der Waals surface area contributed by atoms with Crippen LogP contribution in [0.15, 0.2) is 24.3 Å². The van der Waals surface area contributed by atoms with Gasteiger partial charge in [0.1, 0.15) is 0 Å². The quantitative estimate of drug-likeness (QED) is 0.602. The molecule has 0 bridgehead atoms. The molecule has 62 valence electrons. The second kappa shape index (κ2) is 4.35. The Kier molecular flexibility index (Phi) is 3.37. The van der Waals surface area contributed by atoms with Crippen LogP contribution in [-0.2, 0) is 0 Å². The topological polar surface area (TPSA) is 26.0 Å². The largest absolute Gasteiger partial charge is 0.325 e. The minimum atomic E-state index is 0.209. The molecule has 0 spiro atoms. The molecule has 1 nitrogen and oxygen atoms in total. The molecule has 1 aliphatic rings. The molecule has 1 unspecified atom stereocenters. The van der Waals surface area contributed by atoms with E-state index in [1.165, 1.54) is 19.3 Å². The van der Waals surface area contributed by atoms with Crippen molar-refractivity contribution in [3.63, 3.8) is 0 Å². The average Bonchev–Trinajstić information content (AvgIpc) is 2.03. The summed E-state index contributed by atoms with van der Waals surface area (Å²) in [6.07, 6.45) is 12.6. The van der Waals surface area contributed by atoms with E-state index in [1.807, 2.05) is 6.92 Å². The van der Waals surface area contributed by atoms with Crippen LogP contribution in [0.3, 0.4) is 0 Å². The van der Waals surface area contributed by atoms with Crippen molar-refractivity contribution >= 4 is 0 Å². The maximum Gasteiger partial charge on any atom is 0.0194 e. The third-order valence-corrected chi connectivity index (χ3v) is 2.00. The lowest BCUT2D eigenvalue weighted by molar-refractivity contribution is 0.581. The van der Waals surface area contributed by atoms with Crippen LogP contribution in [-0.4, -0.2) is 6.04 Å². The molecular formula is C10H17N. The first-order valence-electron chi connectivity index (χ1n) is 4.38. The summed E-state index contributed by atoms with van der Waals surface area (Å²) in [7, 11) is 0. The predicted molar refractivity (Wildman–Crippen MR) is 49.3 cm³/mol. The van der Waals surface area contributed by atoms with Crippen LogP contribution in [0.25, 0.3) is 0 Å². The summed E-state index contributed by atoms with van der Waals surface area (Å²) >= 11 is 0. The maximum absolute atomic E-state index is 5.60. The number of nitrogens with two attached hydrogens (primary N) is 1. The number of hydrogen-bond acceptors (Lipinski definition) is 1. The number of rotatable bonds is 2. The van der Waals surface area contributed by atoms with E-state index in [0.29, 0.717) is 0 Å². The summed E-state index contributed by atoms with van der Waals surface area (Å²) < 4.78 is 0. The molecule has 1 aliphatic carbocycles. The van der Waals surface area contributed by atoms with Gasteiger partial charge >= 0.3 is 0 Å². The highest BCUT2D eigenvalue weighted by molar-refractivity contribution is 5.00. The number of allylic oxidation sites excluding steroid dienone is 3. The Bertz CT molecular complexity index is 156. The molecular weight excluding hydrogens is 134 g/mol. The second-order valence-corrected chi connectivity index (χ2v) is 3.29. The lowest BCUT2D eigenvalue weighted by atomic mass is 9.94. The van der Waals surface area contributed by atoms with Crippen molar-refractivity contribution in [1.29, 1.82) is 0 Å². The van der Waals surface area contributed by atoms with E-state index in [4.69, 9.17) is 5.73 Å². The Labute approximate surface area is 69.0 Å². The van der Waals surface area contributed by atoms with E-state index in [-0.39, 0.29) is 6.04 Å². The highest BCUT2D eigenvalue weighted by atomic mass is 14.6. The molecule has 0 saturated carbocycles. The Morgan fingerprint density at radius 3 is 2.91 bits per heavy atom. The van der Waals surface area contributed by atoms with Gasteiger partial charge in [-0.2, -0.15) is 0 Å².